The third-order valence-electron chi connectivity index (χ3n) is 11.5. The fraction of sp³-hybridized carbons (Fsp3) is 0.432. The lowest BCUT2D eigenvalue weighted by Gasteiger charge is -2.33. The van der Waals surface area contributed by atoms with Gasteiger partial charge in [0.05, 0.1) is 0 Å². The molecule has 14 heteroatoms. The highest BCUT2D eigenvalue weighted by atomic mass is 35.5. The first-order chi connectivity index (χ1) is 26.8. The van der Waals surface area contributed by atoms with Crippen LogP contribution in [0.1, 0.15) is 86.2 Å². The molecule has 3 saturated heterocycles. The van der Waals surface area contributed by atoms with Crippen LogP contribution in [0.5, 0.6) is 23.3 Å². The summed E-state index contributed by atoms with van der Waals surface area (Å²) >= 11 is 0. The first kappa shape index (κ1) is 43.9. The van der Waals surface area contributed by atoms with Crippen molar-refractivity contribution < 1.29 is 38.8 Å². The van der Waals surface area contributed by atoms with Crippen molar-refractivity contribution in [1.29, 1.82) is 0 Å². The second-order valence-electron chi connectivity index (χ2n) is 15.1. The van der Waals surface area contributed by atoms with Crippen LogP contribution >= 0.6 is 12.4 Å². The molecular weight excluding hydrogens is 762 g/mol. The number of carbonyl (C=O) groups excluding carboxylic acids is 3. The van der Waals surface area contributed by atoms with Crippen molar-refractivity contribution in [2.24, 2.45) is 5.92 Å². The molecule has 1 saturated carbocycles. The minimum atomic E-state index is -0.187. The Morgan fingerprint density at radius 1 is 0.707 bits per heavy atom. The number of carbonyl (C=O) groups is 3. The monoisotopic (exact) mass is 815 g/mol. The smallest absolute Gasteiger partial charge is 0.257 e. The Labute approximate surface area is 346 Å². The summed E-state index contributed by atoms with van der Waals surface area (Å²) in [6.07, 6.45) is 8.88. The molecule has 2 aromatic heterocycles. The Kier molecular flexibility index (Phi) is 14.7. The number of ether oxygens (including phenoxy) is 4. The molecule has 4 aromatic rings. The number of piperidine rings is 1. The molecule has 5 aliphatic heterocycles. The van der Waals surface area contributed by atoms with E-state index in [0.29, 0.717) is 60.2 Å². The van der Waals surface area contributed by atoms with Crippen molar-refractivity contribution in [2.75, 3.05) is 32.8 Å². The predicted molar refractivity (Wildman–Crippen MR) is 221 cm³/mol. The zero-order valence-electron chi connectivity index (χ0n) is 32.2. The molecule has 6 aliphatic rings. The van der Waals surface area contributed by atoms with Crippen LogP contribution in [-0.2, 0) is 16.1 Å². The molecule has 58 heavy (non-hydrogen) atoms. The number of benzene rings is 2. The van der Waals surface area contributed by atoms with Crippen LogP contribution in [0.4, 0.5) is 0 Å². The SMILES string of the molecule is C.CC(=O)N1C[C@@H]2C[C@H]1CN2Cc1ccc([C@H]2COc3cccnc3O2)cc1.CC(=O)N1C[C@H]2CC[C@@H]1C2.Cl.O.O=Cc1ccc([C@H]2COc3cccnc3O2)cc1. The van der Waals surface area contributed by atoms with E-state index in [1.54, 1.807) is 44.4 Å². The molecule has 0 unspecified atom stereocenters. The lowest BCUT2D eigenvalue weighted by atomic mass is 10.1. The van der Waals surface area contributed by atoms with Gasteiger partial charge in [-0.2, -0.15) is 0 Å². The number of halogens is 1. The molecule has 0 radical (unpaired) electrons. The van der Waals surface area contributed by atoms with Crippen LogP contribution in [-0.4, -0.2) is 99.2 Å². The summed E-state index contributed by atoms with van der Waals surface area (Å²) in [6, 6.07) is 24.7. The van der Waals surface area contributed by atoms with E-state index in [2.05, 4.69) is 39.1 Å². The Morgan fingerprint density at radius 2 is 1.26 bits per heavy atom. The van der Waals surface area contributed by atoms with E-state index in [-0.39, 0.29) is 49.3 Å². The molecule has 2 N–H and O–H groups in total. The van der Waals surface area contributed by atoms with Crippen molar-refractivity contribution in [3.8, 4) is 23.3 Å². The van der Waals surface area contributed by atoms with Gasteiger partial charge in [0.2, 0.25) is 11.8 Å². The van der Waals surface area contributed by atoms with Crippen LogP contribution in [0.15, 0.2) is 85.2 Å². The Hall–Kier alpha value is -5.24. The van der Waals surface area contributed by atoms with Gasteiger partial charge in [-0.25, -0.2) is 9.97 Å². The van der Waals surface area contributed by atoms with Gasteiger partial charge in [0.25, 0.3) is 11.8 Å². The van der Waals surface area contributed by atoms with E-state index in [1.165, 1.54) is 24.8 Å². The summed E-state index contributed by atoms with van der Waals surface area (Å²) in [7, 11) is 0. The molecule has 1 aliphatic carbocycles. The van der Waals surface area contributed by atoms with E-state index in [9.17, 15) is 14.4 Å². The van der Waals surface area contributed by atoms with Crippen LogP contribution in [0, 0.1) is 5.92 Å². The highest BCUT2D eigenvalue weighted by Gasteiger charge is 2.44. The highest BCUT2D eigenvalue weighted by Crippen LogP contribution is 2.38. The van der Waals surface area contributed by atoms with Gasteiger partial charge in [0.15, 0.2) is 23.7 Å². The first-order valence-electron chi connectivity index (χ1n) is 19.2. The largest absolute Gasteiger partial charge is 0.484 e. The van der Waals surface area contributed by atoms with E-state index in [4.69, 9.17) is 18.9 Å². The maximum absolute atomic E-state index is 11.6. The van der Waals surface area contributed by atoms with E-state index < -0.39 is 0 Å². The number of hydrogen-bond acceptors (Lipinski definition) is 10. The molecule has 2 aromatic carbocycles. The lowest BCUT2D eigenvalue weighted by Crippen LogP contribution is -2.47. The maximum atomic E-state index is 11.6. The van der Waals surface area contributed by atoms with Gasteiger partial charge < -0.3 is 34.2 Å². The molecule has 0 spiro atoms. The number of aromatic nitrogens is 2. The first-order valence-corrected chi connectivity index (χ1v) is 19.2. The molecule has 6 atom stereocenters. The topological polar surface area (TPSA) is 155 Å². The number of nitrogens with zero attached hydrogens (tertiary/aromatic N) is 5. The second kappa shape index (κ2) is 19.5. The zero-order chi connectivity index (χ0) is 37.9. The molecule has 10 rings (SSSR count). The molecule has 2 amide bonds. The van der Waals surface area contributed by atoms with Gasteiger partial charge in [-0.15, -0.1) is 12.4 Å². The van der Waals surface area contributed by atoms with Crippen molar-refractivity contribution in [2.45, 2.75) is 83.8 Å². The van der Waals surface area contributed by atoms with Gasteiger partial charge in [0.1, 0.15) is 19.5 Å². The summed E-state index contributed by atoms with van der Waals surface area (Å²) in [5.41, 5.74) is 4.00. The summed E-state index contributed by atoms with van der Waals surface area (Å²) in [5.74, 6) is 3.75. The van der Waals surface area contributed by atoms with Gasteiger partial charge in [-0.1, -0.05) is 56.0 Å². The van der Waals surface area contributed by atoms with Gasteiger partial charge in [-0.3, -0.25) is 19.3 Å². The van der Waals surface area contributed by atoms with Crippen LogP contribution < -0.4 is 18.9 Å². The summed E-state index contributed by atoms with van der Waals surface area (Å²) in [6.45, 7) is 8.12. The zero-order valence-corrected chi connectivity index (χ0v) is 33.0. The predicted octanol–water partition coefficient (Wildman–Crippen LogP) is 6.06. The minimum Gasteiger partial charge on any atom is -0.484 e. The van der Waals surface area contributed by atoms with Crippen LogP contribution in [0.2, 0.25) is 0 Å². The maximum Gasteiger partial charge on any atom is 0.257 e. The summed E-state index contributed by atoms with van der Waals surface area (Å²) < 4.78 is 23.1. The number of piperazine rings is 1. The number of amides is 2. The van der Waals surface area contributed by atoms with E-state index >= 15 is 0 Å². The lowest BCUT2D eigenvalue weighted by molar-refractivity contribution is -0.131. The molecule has 310 valence electrons. The number of rotatable bonds is 5. The number of hydrogen-bond donors (Lipinski definition) is 0. The second-order valence-corrected chi connectivity index (χ2v) is 15.1. The molecule has 4 bridgehead atoms. The number of pyridine rings is 2. The molecule has 4 fully saturated rings. The fourth-order valence-electron chi connectivity index (χ4n) is 8.65. The number of fused-ring (bicyclic) bond motifs is 6. The van der Waals surface area contributed by atoms with Crippen LogP contribution in [0.25, 0.3) is 0 Å². The molecular formula is C44H54ClN5O8. The summed E-state index contributed by atoms with van der Waals surface area (Å²) in [4.78, 5) is 48.1. The van der Waals surface area contributed by atoms with Gasteiger partial charge in [-0.05, 0) is 72.6 Å². The normalized spacial score (nSPS) is 24.0. The third kappa shape index (κ3) is 9.71. The quantitative estimate of drug-likeness (QED) is 0.217. The Bertz CT molecular complexity index is 2000. The number of likely N-dealkylation sites (tertiary alicyclic amines) is 3. The third-order valence-corrected chi connectivity index (χ3v) is 11.5. The Morgan fingerprint density at radius 3 is 1.71 bits per heavy atom. The van der Waals surface area contributed by atoms with Crippen molar-refractivity contribution in [3.63, 3.8) is 0 Å². The fourth-order valence-corrected chi connectivity index (χ4v) is 8.65. The minimum absolute atomic E-state index is 0. The number of aldehydes is 1. The average Bonchev–Trinajstić information content (AvgIpc) is 4.05. The van der Waals surface area contributed by atoms with E-state index in [0.717, 1.165) is 55.9 Å². The standard InChI is InChI=1S/C21H23N3O3.C14H11NO3.C8H13NO.CH4.ClH.H2O/c1-14(25)24-12-17-9-18(24)11-23(17)10-15-4-6-16(7-5-15)20-13-26-19-3-2-8-22-21(19)27-20;16-8-10-3-5-11(6-4-10)13-9-17-12-2-1-7-15-14(12)18-13;1-6(10)9-5-7-2-3-8(9)4-7;;;/h2-8,17-18,20H,9-13H2,1H3;1-8,13H,9H2;7-8H,2-5H2,1H3;1H4;1H;1H2/t17-,18-,20+;13-;7-,8+;;;/m010.../s1. The average molecular weight is 816 g/mol. The molecule has 13 nitrogen and oxygen atoms in total. The highest BCUT2D eigenvalue weighted by molar-refractivity contribution is 5.85. The Balaban J connectivity index is 0.000000179. The van der Waals surface area contributed by atoms with Crippen molar-refractivity contribution in [1.82, 2.24) is 24.7 Å². The molecule has 7 heterocycles. The van der Waals surface area contributed by atoms with Crippen molar-refractivity contribution in [3.05, 3.63) is 107 Å². The van der Waals surface area contributed by atoms with Gasteiger partial charge >= 0.3 is 0 Å². The van der Waals surface area contributed by atoms with Crippen LogP contribution in [0.3, 0.4) is 0 Å². The van der Waals surface area contributed by atoms with E-state index in [1.807, 2.05) is 40.1 Å². The van der Waals surface area contributed by atoms with Gasteiger partial charge in [0, 0.05) is 76.1 Å². The summed E-state index contributed by atoms with van der Waals surface area (Å²) in [5, 5.41) is 0. The van der Waals surface area contributed by atoms with Crippen molar-refractivity contribution >= 4 is 30.5 Å².